The molecule has 1 rings (SSSR count). The summed E-state index contributed by atoms with van der Waals surface area (Å²) in [5.74, 6) is 0. The van der Waals surface area contributed by atoms with Crippen molar-refractivity contribution in [3.63, 3.8) is 0 Å². The topological polar surface area (TPSA) is 104 Å². The van der Waals surface area contributed by atoms with E-state index in [2.05, 4.69) is 10.0 Å². The molecule has 1 unspecified atom stereocenters. The molecule has 1 atom stereocenters. The molecule has 0 aliphatic carbocycles. The van der Waals surface area contributed by atoms with E-state index in [-0.39, 0.29) is 22.8 Å². The van der Waals surface area contributed by atoms with E-state index in [1.54, 1.807) is 0 Å². The molecule has 108 valence electrons. The van der Waals surface area contributed by atoms with Crippen LogP contribution >= 0.6 is 0 Å². The number of hydrogen-bond acceptors (Lipinski definition) is 5. The third-order valence-electron chi connectivity index (χ3n) is 2.39. The van der Waals surface area contributed by atoms with Crippen molar-refractivity contribution in [2.75, 3.05) is 24.6 Å². The molecule has 0 aromatic heterocycles. The first-order valence-corrected chi connectivity index (χ1v) is 6.79. The second kappa shape index (κ2) is 6.13. The predicted molar refractivity (Wildman–Crippen MR) is 67.6 cm³/mol. The number of benzene rings is 1. The molecule has 0 aliphatic heterocycles. The zero-order valence-corrected chi connectivity index (χ0v) is 10.9. The molecule has 5 N–H and O–H groups in total. The van der Waals surface area contributed by atoms with Crippen LogP contribution < -0.4 is 15.8 Å². The number of anilines is 2. The molecule has 1 aromatic rings. The summed E-state index contributed by atoms with van der Waals surface area (Å²) < 4.78 is 49.3. The number of rotatable bonds is 6. The molecule has 0 radical (unpaired) electrons. The third-order valence-corrected chi connectivity index (χ3v) is 3.81. The summed E-state index contributed by atoms with van der Waals surface area (Å²) in [5.41, 5.74) is 5.97. The zero-order valence-electron chi connectivity index (χ0n) is 10.1. The maximum atomic E-state index is 12.1. The molecule has 9 heteroatoms. The summed E-state index contributed by atoms with van der Waals surface area (Å²) in [6.45, 7) is -0.389. The van der Waals surface area contributed by atoms with Crippen LogP contribution in [0.15, 0.2) is 23.1 Å². The van der Waals surface area contributed by atoms with Crippen molar-refractivity contribution in [2.24, 2.45) is 0 Å². The molecular formula is C10H15F2N3O3S. The van der Waals surface area contributed by atoms with Crippen molar-refractivity contribution in [2.45, 2.75) is 17.4 Å². The molecule has 0 aliphatic rings. The van der Waals surface area contributed by atoms with E-state index < -0.39 is 22.6 Å². The van der Waals surface area contributed by atoms with Crippen LogP contribution in [0.2, 0.25) is 0 Å². The predicted octanol–water partition coefficient (Wildman–Crippen LogP) is 0.215. The van der Waals surface area contributed by atoms with Crippen molar-refractivity contribution in [1.29, 1.82) is 0 Å². The van der Waals surface area contributed by atoms with E-state index in [1.807, 2.05) is 0 Å². The number of nitrogen functional groups attached to an aromatic ring is 1. The van der Waals surface area contributed by atoms with E-state index in [1.165, 1.54) is 25.2 Å². The highest BCUT2D eigenvalue weighted by Gasteiger charge is 2.17. The molecule has 0 fully saturated rings. The van der Waals surface area contributed by atoms with Gasteiger partial charge in [0.25, 0.3) is 6.43 Å². The molecule has 0 saturated carbocycles. The Bertz CT molecular complexity index is 537. The van der Waals surface area contributed by atoms with Gasteiger partial charge in [-0.1, -0.05) is 0 Å². The minimum Gasteiger partial charge on any atom is -0.397 e. The van der Waals surface area contributed by atoms with Crippen LogP contribution in [-0.4, -0.2) is 39.6 Å². The normalized spacial score (nSPS) is 13.5. The first kappa shape index (κ1) is 15.6. The van der Waals surface area contributed by atoms with Gasteiger partial charge >= 0.3 is 0 Å². The summed E-state index contributed by atoms with van der Waals surface area (Å²) in [5, 5.41) is 11.5. The third kappa shape index (κ3) is 4.01. The molecule has 1 aromatic carbocycles. The number of alkyl halides is 2. The number of nitrogens with one attached hydrogen (secondary N) is 2. The number of aliphatic hydroxyl groups excluding tert-OH is 1. The van der Waals surface area contributed by atoms with Gasteiger partial charge in [0, 0.05) is 6.54 Å². The summed E-state index contributed by atoms with van der Waals surface area (Å²) >= 11 is 0. The number of hydrogen-bond donors (Lipinski definition) is 4. The van der Waals surface area contributed by atoms with Gasteiger partial charge in [0.15, 0.2) is 0 Å². The van der Waals surface area contributed by atoms with Crippen LogP contribution in [0.25, 0.3) is 0 Å². The van der Waals surface area contributed by atoms with E-state index in [9.17, 15) is 17.2 Å². The molecule has 19 heavy (non-hydrogen) atoms. The Balaban J connectivity index is 2.84. The van der Waals surface area contributed by atoms with Crippen LogP contribution in [0.3, 0.4) is 0 Å². The van der Waals surface area contributed by atoms with Gasteiger partial charge in [-0.05, 0) is 25.2 Å². The fraction of sp³-hybridized carbons (Fsp3) is 0.400. The molecule has 0 amide bonds. The first-order valence-electron chi connectivity index (χ1n) is 5.31. The van der Waals surface area contributed by atoms with Crippen LogP contribution in [0.1, 0.15) is 0 Å². The zero-order chi connectivity index (χ0) is 14.6. The van der Waals surface area contributed by atoms with Crippen molar-refractivity contribution in [1.82, 2.24) is 4.72 Å². The fourth-order valence-corrected chi connectivity index (χ4v) is 2.06. The smallest absolute Gasteiger partial charge is 0.265 e. The Morgan fingerprint density at radius 3 is 2.53 bits per heavy atom. The van der Waals surface area contributed by atoms with Crippen LogP contribution in [0, 0.1) is 0 Å². The van der Waals surface area contributed by atoms with Crippen LogP contribution in [-0.2, 0) is 10.0 Å². The van der Waals surface area contributed by atoms with Crippen molar-refractivity contribution >= 4 is 21.4 Å². The highest BCUT2D eigenvalue weighted by molar-refractivity contribution is 7.89. The molecule has 0 bridgehead atoms. The van der Waals surface area contributed by atoms with Gasteiger partial charge in [0.2, 0.25) is 10.0 Å². The Labute approximate surface area is 109 Å². The summed E-state index contributed by atoms with van der Waals surface area (Å²) in [7, 11) is -2.35. The van der Waals surface area contributed by atoms with Crippen LogP contribution in [0.5, 0.6) is 0 Å². The maximum Gasteiger partial charge on any atom is 0.265 e. The largest absolute Gasteiger partial charge is 0.397 e. The fourth-order valence-electron chi connectivity index (χ4n) is 1.29. The number of sulfonamides is 1. The number of aliphatic hydroxyl groups is 1. The molecule has 0 saturated heterocycles. The second-order valence-corrected chi connectivity index (χ2v) is 5.63. The van der Waals surface area contributed by atoms with Gasteiger partial charge < -0.3 is 16.2 Å². The Morgan fingerprint density at radius 2 is 2.05 bits per heavy atom. The van der Waals surface area contributed by atoms with Gasteiger partial charge in [0.1, 0.15) is 6.10 Å². The van der Waals surface area contributed by atoms with E-state index in [0.717, 1.165) is 0 Å². The maximum absolute atomic E-state index is 12.1. The van der Waals surface area contributed by atoms with Gasteiger partial charge in [-0.3, -0.25) is 0 Å². The lowest BCUT2D eigenvalue weighted by atomic mass is 10.2. The average Bonchev–Trinajstić information content (AvgIpc) is 2.36. The summed E-state index contributed by atoms with van der Waals surface area (Å²) in [6, 6.07) is 3.82. The molecule has 6 nitrogen and oxygen atoms in total. The monoisotopic (exact) mass is 295 g/mol. The van der Waals surface area contributed by atoms with Crippen molar-refractivity contribution in [3.05, 3.63) is 18.2 Å². The quantitative estimate of drug-likeness (QED) is 0.562. The van der Waals surface area contributed by atoms with Crippen molar-refractivity contribution in [3.8, 4) is 0 Å². The Morgan fingerprint density at radius 1 is 1.42 bits per heavy atom. The highest BCUT2D eigenvalue weighted by atomic mass is 32.2. The summed E-state index contributed by atoms with van der Waals surface area (Å²) in [6.07, 6.45) is -4.68. The second-order valence-electron chi connectivity index (χ2n) is 3.74. The standard InChI is InChI=1S/C10H15F2N3O3S/c1-14-19(17,18)6-2-3-8(7(13)4-6)15-5-9(16)10(11)12/h2-4,9-10,14-16H,5,13H2,1H3. The minimum atomic E-state index is -3.61. The van der Waals surface area contributed by atoms with E-state index >= 15 is 0 Å². The highest BCUT2D eigenvalue weighted by Crippen LogP contribution is 2.22. The molecule has 0 spiro atoms. The van der Waals surface area contributed by atoms with Gasteiger partial charge in [-0.2, -0.15) is 0 Å². The molecular weight excluding hydrogens is 280 g/mol. The van der Waals surface area contributed by atoms with E-state index in [0.29, 0.717) is 0 Å². The number of halogens is 2. The average molecular weight is 295 g/mol. The minimum absolute atomic E-state index is 0.0348. The summed E-state index contributed by atoms with van der Waals surface area (Å²) in [4.78, 5) is -0.0348. The van der Waals surface area contributed by atoms with Crippen LogP contribution in [0.4, 0.5) is 20.2 Å². The van der Waals surface area contributed by atoms with E-state index in [4.69, 9.17) is 10.8 Å². The van der Waals surface area contributed by atoms with Crippen molar-refractivity contribution < 1.29 is 22.3 Å². The molecule has 0 heterocycles. The van der Waals surface area contributed by atoms with Gasteiger partial charge in [0.05, 0.1) is 16.3 Å². The first-order chi connectivity index (χ1) is 8.77. The Hall–Kier alpha value is -1.45. The lowest BCUT2D eigenvalue weighted by Gasteiger charge is -2.14. The number of nitrogens with two attached hydrogens (primary N) is 1. The SMILES string of the molecule is CNS(=O)(=O)c1ccc(NCC(O)C(F)F)c(N)c1. The van der Waals surface area contributed by atoms with Gasteiger partial charge in [-0.15, -0.1) is 0 Å². The van der Waals surface area contributed by atoms with Gasteiger partial charge in [-0.25, -0.2) is 21.9 Å². The lowest BCUT2D eigenvalue weighted by molar-refractivity contribution is 0.00385. The lowest BCUT2D eigenvalue weighted by Crippen LogP contribution is -2.27. The Kier molecular flexibility index (Phi) is 5.04.